The molecule has 0 aliphatic carbocycles. The number of hydrogen-bond donors (Lipinski definition) is 2. The third-order valence-corrected chi connectivity index (χ3v) is 3.91. The minimum absolute atomic E-state index is 0.120. The number of nitrogens with zero attached hydrogens (tertiary/aromatic N) is 1. The van der Waals surface area contributed by atoms with Crippen molar-refractivity contribution in [3.8, 4) is 0 Å². The average Bonchev–Trinajstić information content (AvgIpc) is 2.40. The minimum atomic E-state index is -0.120. The number of aromatic nitrogens is 2. The molecule has 0 bridgehead atoms. The number of aryl methyl sites for hydroxylation is 1. The zero-order valence-corrected chi connectivity index (χ0v) is 12.7. The van der Waals surface area contributed by atoms with Crippen LogP contribution in [0.3, 0.4) is 0 Å². The first-order chi connectivity index (χ1) is 9.58. The first kappa shape index (κ1) is 14.9. The standard InChI is InChI=1S/C14H16ClN3OS/c1-2-3-11-7-13(19)18-14(17-11)20-8-9-6-10(15)4-5-12(9)16/h4-7H,2-3,8,16H2,1H3,(H,17,18,19). The molecule has 20 heavy (non-hydrogen) atoms. The van der Waals surface area contributed by atoms with Gasteiger partial charge in [0.2, 0.25) is 0 Å². The van der Waals surface area contributed by atoms with Crippen LogP contribution < -0.4 is 11.3 Å². The van der Waals surface area contributed by atoms with Crippen LogP contribution in [0.1, 0.15) is 24.6 Å². The molecule has 6 heteroatoms. The predicted octanol–water partition coefficient (Wildman–Crippen LogP) is 3.25. The number of H-pyrrole nitrogens is 1. The van der Waals surface area contributed by atoms with Crippen molar-refractivity contribution >= 4 is 29.1 Å². The van der Waals surface area contributed by atoms with Crippen LogP contribution in [0, 0.1) is 0 Å². The Hall–Kier alpha value is -1.46. The highest BCUT2D eigenvalue weighted by molar-refractivity contribution is 7.98. The SMILES string of the molecule is CCCc1cc(=O)[nH]c(SCc2cc(Cl)ccc2N)n1. The second kappa shape index (κ2) is 6.81. The van der Waals surface area contributed by atoms with Gasteiger partial charge in [-0.25, -0.2) is 4.98 Å². The zero-order valence-electron chi connectivity index (χ0n) is 11.1. The van der Waals surface area contributed by atoms with Crippen LogP contribution in [0.4, 0.5) is 5.69 Å². The lowest BCUT2D eigenvalue weighted by Crippen LogP contribution is -2.10. The molecule has 2 rings (SSSR count). The quantitative estimate of drug-likeness (QED) is 0.505. The highest BCUT2D eigenvalue weighted by Crippen LogP contribution is 2.25. The van der Waals surface area contributed by atoms with Gasteiger partial charge in [-0.05, 0) is 30.2 Å². The molecule has 1 aromatic carbocycles. The smallest absolute Gasteiger partial charge is 0.251 e. The van der Waals surface area contributed by atoms with Crippen molar-refractivity contribution in [1.82, 2.24) is 9.97 Å². The Morgan fingerprint density at radius 1 is 1.40 bits per heavy atom. The molecule has 2 aromatic rings. The normalized spacial score (nSPS) is 10.7. The highest BCUT2D eigenvalue weighted by Gasteiger charge is 2.05. The number of nitrogen functional groups attached to an aromatic ring is 1. The molecule has 106 valence electrons. The molecule has 0 radical (unpaired) electrons. The van der Waals surface area contributed by atoms with Gasteiger partial charge in [0.05, 0.1) is 0 Å². The maximum absolute atomic E-state index is 11.6. The summed E-state index contributed by atoms with van der Waals surface area (Å²) in [5.74, 6) is 0.616. The van der Waals surface area contributed by atoms with Crippen LogP contribution in [0.5, 0.6) is 0 Å². The Morgan fingerprint density at radius 3 is 2.95 bits per heavy atom. The number of benzene rings is 1. The van der Waals surface area contributed by atoms with Gasteiger partial charge in [0.25, 0.3) is 5.56 Å². The molecule has 0 saturated heterocycles. The summed E-state index contributed by atoms with van der Waals surface area (Å²) in [6.45, 7) is 2.06. The first-order valence-corrected chi connectivity index (χ1v) is 7.71. The molecule has 0 spiro atoms. The lowest BCUT2D eigenvalue weighted by molar-refractivity contribution is 0.816. The topological polar surface area (TPSA) is 71.8 Å². The summed E-state index contributed by atoms with van der Waals surface area (Å²) < 4.78 is 0. The summed E-state index contributed by atoms with van der Waals surface area (Å²) >= 11 is 7.40. The number of thioether (sulfide) groups is 1. The number of nitrogens with two attached hydrogens (primary N) is 1. The summed E-state index contributed by atoms with van der Waals surface area (Å²) in [5.41, 5.74) is 8.22. The number of aromatic amines is 1. The van der Waals surface area contributed by atoms with E-state index in [1.54, 1.807) is 18.2 Å². The molecule has 0 fully saturated rings. The van der Waals surface area contributed by atoms with Gasteiger partial charge in [-0.3, -0.25) is 4.79 Å². The van der Waals surface area contributed by atoms with Gasteiger partial charge < -0.3 is 10.7 Å². The van der Waals surface area contributed by atoms with Gasteiger partial charge in [-0.1, -0.05) is 36.7 Å². The second-order valence-corrected chi connectivity index (χ2v) is 5.82. The summed E-state index contributed by atoms with van der Waals surface area (Å²) in [5, 5.41) is 1.26. The van der Waals surface area contributed by atoms with Crippen molar-refractivity contribution in [3.63, 3.8) is 0 Å². The predicted molar refractivity (Wildman–Crippen MR) is 84.3 cm³/mol. The molecule has 0 atom stereocenters. The van der Waals surface area contributed by atoms with Crippen molar-refractivity contribution in [2.24, 2.45) is 0 Å². The zero-order chi connectivity index (χ0) is 14.5. The van der Waals surface area contributed by atoms with Gasteiger partial charge in [0.1, 0.15) is 0 Å². The fraction of sp³-hybridized carbons (Fsp3) is 0.286. The molecule has 1 aromatic heterocycles. The molecule has 0 amide bonds. The van der Waals surface area contributed by atoms with Crippen LogP contribution in [-0.4, -0.2) is 9.97 Å². The number of nitrogens with one attached hydrogen (secondary N) is 1. The van der Waals surface area contributed by atoms with E-state index in [1.165, 1.54) is 11.8 Å². The fourth-order valence-electron chi connectivity index (χ4n) is 1.78. The Kier molecular flexibility index (Phi) is 5.09. The average molecular weight is 310 g/mol. The molecule has 3 N–H and O–H groups in total. The first-order valence-electron chi connectivity index (χ1n) is 6.35. The van der Waals surface area contributed by atoms with E-state index in [0.29, 0.717) is 21.6 Å². The Morgan fingerprint density at radius 2 is 2.20 bits per heavy atom. The molecule has 0 saturated carbocycles. The van der Waals surface area contributed by atoms with E-state index >= 15 is 0 Å². The molecule has 4 nitrogen and oxygen atoms in total. The van der Waals surface area contributed by atoms with Crippen LogP contribution in [0.25, 0.3) is 0 Å². The number of hydrogen-bond acceptors (Lipinski definition) is 4. The Balaban J connectivity index is 2.14. The van der Waals surface area contributed by atoms with Crippen LogP contribution in [0.15, 0.2) is 34.2 Å². The molecule has 0 unspecified atom stereocenters. The van der Waals surface area contributed by atoms with Crippen LogP contribution in [-0.2, 0) is 12.2 Å². The molecular formula is C14H16ClN3OS. The summed E-state index contributed by atoms with van der Waals surface area (Å²) in [6, 6.07) is 6.91. The van der Waals surface area contributed by atoms with Gasteiger partial charge >= 0.3 is 0 Å². The largest absolute Gasteiger partial charge is 0.398 e. The van der Waals surface area contributed by atoms with Crippen molar-refractivity contribution in [2.75, 3.05) is 5.73 Å². The number of halogens is 1. The molecular weight excluding hydrogens is 294 g/mol. The summed E-state index contributed by atoms with van der Waals surface area (Å²) in [4.78, 5) is 18.7. The van der Waals surface area contributed by atoms with E-state index in [-0.39, 0.29) is 5.56 Å². The monoisotopic (exact) mass is 309 g/mol. The van der Waals surface area contributed by atoms with Crippen molar-refractivity contribution in [3.05, 3.63) is 50.9 Å². The van der Waals surface area contributed by atoms with Gasteiger partial charge in [0.15, 0.2) is 5.16 Å². The van der Waals surface area contributed by atoms with Crippen molar-refractivity contribution in [1.29, 1.82) is 0 Å². The minimum Gasteiger partial charge on any atom is -0.398 e. The van der Waals surface area contributed by atoms with E-state index in [0.717, 1.165) is 24.1 Å². The number of anilines is 1. The Bertz CT molecular complexity index is 657. The van der Waals surface area contributed by atoms with Crippen molar-refractivity contribution in [2.45, 2.75) is 30.7 Å². The van der Waals surface area contributed by atoms with Gasteiger partial charge in [0, 0.05) is 28.2 Å². The molecule has 1 heterocycles. The summed E-state index contributed by atoms with van der Waals surface area (Å²) in [6.07, 6.45) is 1.76. The summed E-state index contributed by atoms with van der Waals surface area (Å²) in [7, 11) is 0. The molecule has 0 aliphatic rings. The van der Waals surface area contributed by atoms with E-state index in [9.17, 15) is 4.79 Å². The second-order valence-electron chi connectivity index (χ2n) is 4.42. The van der Waals surface area contributed by atoms with E-state index in [1.807, 2.05) is 6.07 Å². The third kappa shape index (κ3) is 4.02. The van der Waals surface area contributed by atoms with E-state index in [4.69, 9.17) is 17.3 Å². The third-order valence-electron chi connectivity index (χ3n) is 2.75. The highest BCUT2D eigenvalue weighted by atomic mass is 35.5. The lowest BCUT2D eigenvalue weighted by Gasteiger charge is -2.06. The number of rotatable bonds is 5. The fourth-order valence-corrected chi connectivity index (χ4v) is 2.87. The molecule has 0 aliphatic heterocycles. The van der Waals surface area contributed by atoms with E-state index < -0.39 is 0 Å². The Labute approximate surface area is 126 Å². The van der Waals surface area contributed by atoms with Crippen molar-refractivity contribution < 1.29 is 0 Å². The van der Waals surface area contributed by atoms with Crippen LogP contribution >= 0.6 is 23.4 Å². The van der Waals surface area contributed by atoms with Gasteiger partial charge in [-0.15, -0.1) is 0 Å². The maximum atomic E-state index is 11.6. The van der Waals surface area contributed by atoms with Gasteiger partial charge in [-0.2, -0.15) is 0 Å². The maximum Gasteiger partial charge on any atom is 0.251 e. The van der Waals surface area contributed by atoms with E-state index in [2.05, 4.69) is 16.9 Å². The van der Waals surface area contributed by atoms with Crippen LogP contribution in [0.2, 0.25) is 5.02 Å². The lowest BCUT2D eigenvalue weighted by atomic mass is 10.2.